The van der Waals surface area contributed by atoms with Crippen LogP contribution in [0.25, 0.3) is 5.76 Å². The maximum atomic E-state index is 11.9. The van der Waals surface area contributed by atoms with E-state index in [-0.39, 0.29) is 26.8 Å². The van der Waals surface area contributed by atoms with Gasteiger partial charge in [0.05, 0.1) is 21.7 Å². The lowest BCUT2D eigenvalue weighted by atomic mass is 9.97. The van der Waals surface area contributed by atoms with Gasteiger partial charge in [0.2, 0.25) is 0 Å². The van der Waals surface area contributed by atoms with E-state index in [0.717, 1.165) is 23.4 Å². The summed E-state index contributed by atoms with van der Waals surface area (Å²) >= 11 is 23.3. The fourth-order valence-electron chi connectivity index (χ4n) is 3.01. The molecule has 0 amide bonds. The average molecular weight is 632 g/mol. The molecule has 0 aliphatic rings. The molecule has 1 rings (SSSR count). The molecule has 0 N–H and O–H groups in total. The molecule has 38 heavy (non-hydrogen) atoms. The van der Waals surface area contributed by atoms with Gasteiger partial charge in [-0.25, -0.2) is 9.36 Å². The Morgan fingerprint density at radius 2 is 1.63 bits per heavy atom. The minimum atomic E-state index is -3.75. The number of carbonyl (C=O) groups is 1. The topological polar surface area (TPSA) is 71.1 Å². The van der Waals surface area contributed by atoms with Crippen LogP contribution in [-0.2, 0) is 27.7 Å². The van der Waals surface area contributed by atoms with Crippen molar-refractivity contribution >= 4 is 66.0 Å². The normalized spacial score (nSPS) is 13.4. The molecule has 0 aromatic heterocycles. The van der Waals surface area contributed by atoms with E-state index < -0.39 is 7.82 Å². The van der Waals surface area contributed by atoms with Crippen molar-refractivity contribution in [1.82, 2.24) is 0 Å². The molecule has 0 aliphatic heterocycles. The van der Waals surface area contributed by atoms with E-state index in [2.05, 4.69) is 35.9 Å². The summed E-state index contributed by atoms with van der Waals surface area (Å²) in [6, 6.07) is 2.84. The summed E-state index contributed by atoms with van der Waals surface area (Å²) in [5, 5.41) is 0.733. The zero-order valence-corrected chi connectivity index (χ0v) is 27.0. The third-order valence-electron chi connectivity index (χ3n) is 5.06. The van der Waals surface area contributed by atoms with E-state index in [0.29, 0.717) is 18.1 Å². The summed E-state index contributed by atoms with van der Waals surface area (Å²) < 4.78 is 31.1. The van der Waals surface area contributed by atoms with E-state index in [1.165, 1.54) is 45.6 Å². The second-order valence-electron chi connectivity index (χ2n) is 8.83. The maximum absolute atomic E-state index is 11.9. The number of halogens is 4. The number of rotatable bonds is 14. The minimum Gasteiger partial charge on any atom is -0.463 e. The lowest BCUT2D eigenvalue weighted by Gasteiger charge is -2.17. The summed E-state index contributed by atoms with van der Waals surface area (Å²) in [6.45, 7) is 11.0. The van der Waals surface area contributed by atoms with Crippen LogP contribution in [0.4, 0.5) is 0 Å². The highest BCUT2D eigenvalue weighted by atomic mass is 35.5. The van der Waals surface area contributed by atoms with E-state index in [4.69, 9.17) is 55.7 Å². The Kier molecular flexibility index (Phi) is 19.5. The van der Waals surface area contributed by atoms with Gasteiger partial charge in [-0.15, -0.1) is 0 Å². The van der Waals surface area contributed by atoms with Gasteiger partial charge in [0.15, 0.2) is 5.76 Å². The molecule has 0 saturated heterocycles. The van der Waals surface area contributed by atoms with Crippen molar-refractivity contribution < 1.29 is 27.7 Å². The standard InChI is InChI=1S/C17H30O2.C10H9Cl4O4P/c1-6-19-17(18)13-16(5)12-8-11-15(4)10-7-9-14(2)3;1-16-19(15,17-2)18-10(5-11)6-3-8(13)9(14)4-7(6)12/h8,12-15H,6-7,9-11H2,1-5H3;3-5H,1-2H3/b12-8+,16-13+;10-5-. The van der Waals surface area contributed by atoms with Crippen molar-refractivity contribution in [1.29, 1.82) is 0 Å². The quantitative estimate of drug-likeness (QED) is 0.0508. The average Bonchev–Trinajstić information content (AvgIpc) is 2.85. The molecule has 0 radical (unpaired) electrons. The third-order valence-corrected chi connectivity index (χ3v) is 7.61. The lowest BCUT2D eigenvalue weighted by molar-refractivity contribution is -0.137. The molecular weight excluding hydrogens is 593 g/mol. The summed E-state index contributed by atoms with van der Waals surface area (Å²) in [6.07, 6.45) is 10.7. The van der Waals surface area contributed by atoms with Crippen molar-refractivity contribution in [3.8, 4) is 0 Å². The van der Waals surface area contributed by atoms with Gasteiger partial charge in [0.1, 0.15) is 0 Å². The summed E-state index contributed by atoms with van der Waals surface area (Å²) in [4.78, 5) is 11.2. The number of carbonyl (C=O) groups excluding carboxylic acids is 1. The maximum Gasteiger partial charge on any atom is 0.529 e. The minimum absolute atomic E-state index is 0.0164. The van der Waals surface area contributed by atoms with Crippen LogP contribution in [0, 0.1) is 11.8 Å². The van der Waals surface area contributed by atoms with Crippen LogP contribution in [-0.4, -0.2) is 26.8 Å². The van der Waals surface area contributed by atoms with E-state index in [1.807, 2.05) is 19.9 Å². The Bertz CT molecular complexity index is 1000. The molecule has 0 bridgehead atoms. The van der Waals surface area contributed by atoms with Gasteiger partial charge in [0.25, 0.3) is 0 Å². The highest BCUT2D eigenvalue weighted by molar-refractivity contribution is 7.48. The van der Waals surface area contributed by atoms with Crippen LogP contribution in [0.5, 0.6) is 0 Å². The highest BCUT2D eigenvalue weighted by Crippen LogP contribution is 2.52. The first kappa shape index (κ1) is 37.0. The smallest absolute Gasteiger partial charge is 0.463 e. The van der Waals surface area contributed by atoms with Crippen molar-refractivity contribution in [2.45, 2.75) is 60.3 Å². The van der Waals surface area contributed by atoms with Crippen molar-refractivity contribution in [3.05, 3.63) is 62.1 Å². The number of benzene rings is 1. The van der Waals surface area contributed by atoms with Gasteiger partial charge in [0, 0.05) is 31.4 Å². The molecule has 0 saturated carbocycles. The fraction of sp³-hybridized carbons (Fsp3) is 0.519. The van der Waals surface area contributed by atoms with Crippen molar-refractivity contribution in [2.24, 2.45) is 11.8 Å². The molecule has 1 unspecified atom stereocenters. The molecule has 0 heterocycles. The zero-order valence-electron chi connectivity index (χ0n) is 23.1. The largest absolute Gasteiger partial charge is 0.529 e. The summed E-state index contributed by atoms with van der Waals surface area (Å²) in [5.74, 6) is 1.25. The van der Waals surface area contributed by atoms with Crippen LogP contribution in [0.1, 0.15) is 65.9 Å². The third kappa shape index (κ3) is 15.6. The van der Waals surface area contributed by atoms with Crippen LogP contribution in [0.15, 0.2) is 41.5 Å². The molecule has 216 valence electrons. The molecule has 0 aliphatic carbocycles. The number of ether oxygens (including phenoxy) is 1. The fourth-order valence-corrected chi connectivity index (χ4v) is 4.56. The molecule has 1 aromatic rings. The summed E-state index contributed by atoms with van der Waals surface area (Å²) in [7, 11) is -1.41. The molecule has 1 aromatic carbocycles. The van der Waals surface area contributed by atoms with Gasteiger partial charge >= 0.3 is 13.8 Å². The summed E-state index contributed by atoms with van der Waals surface area (Å²) in [5.41, 5.74) is 2.30. The van der Waals surface area contributed by atoms with Gasteiger partial charge in [-0.2, -0.15) is 0 Å². The van der Waals surface area contributed by atoms with Crippen LogP contribution >= 0.6 is 54.2 Å². The molecular formula is C27H39Cl4O6P. The second-order valence-corrected chi connectivity index (χ2v) is 12.1. The van der Waals surface area contributed by atoms with Crippen molar-refractivity contribution in [2.75, 3.05) is 20.8 Å². The first-order chi connectivity index (χ1) is 17.8. The number of allylic oxidation sites excluding steroid dienone is 3. The Morgan fingerprint density at radius 3 is 2.16 bits per heavy atom. The Morgan fingerprint density at radius 1 is 1.03 bits per heavy atom. The molecule has 6 nitrogen and oxygen atoms in total. The first-order valence-electron chi connectivity index (χ1n) is 12.2. The van der Waals surface area contributed by atoms with Crippen LogP contribution in [0.2, 0.25) is 15.1 Å². The Labute approximate surface area is 247 Å². The molecule has 0 fully saturated rings. The van der Waals surface area contributed by atoms with Gasteiger partial charge in [-0.1, -0.05) is 98.6 Å². The predicted molar refractivity (Wildman–Crippen MR) is 160 cm³/mol. The SMILES string of the molecule is CCOC(=O)/C=C(C)/C=C/CC(C)CCCC(C)C.COP(=O)(OC)O/C(=C\Cl)c1cc(Cl)c(Cl)cc1Cl. The van der Waals surface area contributed by atoms with Gasteiger partial charge in [-0.05, 0) is 49.8 Å². The number of phosphoric acid groups is 1. The number of hydrogen-bond acceptors (Lipinski definition) is 6. The van der Waals surface area contributed by atoms with E-state index in [1.54, 1.807) is 6.08 Å². The van der Waals surface area contributed by atoms with Gasteiger partial charge in [-0.3, -0.25) is 9.05 Å². The zero-order chi connectivity index (χ0) is 29.3. The van der Waals surface area contributed by atoms with Crippen LogP contribution in [0.3, 0.4) is 0 Å². The Balaban J connectivity index is 0.000000721. The van der Waals surface area contributed by atoms with Crippen molar-refractivity contribution in [3.63, 3.8) is 0 Å². The number of phosphoric ester groups is 1. The van der Waals surface area contributed by atoms with E-state index >= 15 is 0 Å². The predicted octanol–water partition coefficient (Wildman–Crippen LogP) is 10.5. The first-order valence-corrected chi connectivity index (χ1v) is 15.2. The van der Waals surface area contributed by atoms with Gasteiger partial charge < -0.3 is 9.26 Å². The molecule has 0 spiro atoms. The Hall–Kier alpha value is -0.980. The number of hydrogen-bond donors (Lipinski definition) is 0. The van der Waals surface area contributed by atoms with E-state index in [9.17, 15) is 9.36 Å². The highest BCUT2D eigenvalue weighted by Gasteiger charge is 2.27. The molecule has 1 atom stereocenters. The monoisotopic (exact) mass is 630 g/mol. The second kappa shape index (κ2) is 20.0. The lowest BCUT2D eigenvalue weighted by Crippen LogP contribution is -1.99. The number of esters is 1. The van der Waals surface area contributed by atoms with Crippen LogP contribution < -0.4 is 0 Å². The molecule has 11 heteroatoms.